The Morgan fingerprint density at radius 3 is 2.54 bits per heavy atom. The van der Waals surface area contributed by atoms with E-state index in [1.807, 2.05) is 36.4 Å². The fourth-order valence-corrected chi connectivity index (χ4v) is 4.45. The standard InChI is InChI=1S/C20H13ClN2O3S2/c21-16-7-6-15(10-18(16)28(25)26)23-19(24)17-9-13-8-14(11-22-20(13)27-17)12-4-2-1-3-5-12/h1-11,28H,(H,23,24). The van der Waals surface area contributed by atoms with E-state index in [0.29, 0.717) is 10.6 Å². The van der Waals surface area contributed by atoms with E-state index in [0.717, 1.165) is 21.3 Å². The summed E-state index contributed by atoms with van der Waals surface area (Å²) in [5.74, 6) is -0.335. The van der Waals surface area contributed by atoms with Gasteiger partial charge in [0.1, 0.15) is 4.83 Å². The number of amides is 1. The summed E-state index contributed by atoms with van der Waals surface area (Å²) < 4.78 is 22.5. The molecule has 2 heterocycles. The van der Waals surface area contributed by atoms with E-state index in [-0.39, 0.29) is 15.8 Å². The third-order valence-corrected chi connectivity index (χ3v) is 6.39. The van der Waals surface area contributed by atoms with E-state index in [1.165, 1.54) is 23.5 Å². The molecule has 28 heavy (non-hydrogen) atoms. The second-order valence-corrected chi connectivity index (χ2v) is 8.41. The van der Waals surface area contributed by atoms with Gasteiger partial charge in [-0.25, -0.2) is 13.4 Å². The van der Waals surface area contributed by atoms with Gasteiger partial charge in [0, 0.05) is 22.8 Å². The zero-order valence-corrected chi connectivity index (χ0v) is 16.7. The van der Waals surface area contributed by atoms with Gasteiger partial charge in [-0.3, -0.25) is 4.79 Å². The minimum absolute atomic E-state index is 0.0278. The van der Waals surface area contributed by atoms with Crippen LogP contribution in [0.1, 0.15) is 9.67 Å². The quantitative estimate of drug-likeness (QED) is 0.456. The van der Waals surface area contributed by atoms with Crippen LogP contribution in [0.5, 0.6) is 0 Å². The molecule has 1 amide bonds. The molecule has 5 nitrogen and oxygen atoms in total. The SMILES string of the molecule is O=C(Nc1ccc(Cl)c([SH](=O)=O)c1)c1cc2cc(-c3ccccc3)cnc2s1. The molecule has 0 aliphatic rings. The molecule has 8 heteroatoms. The van der Waals surface area contributed by atoms with Crippen molar-refractivity contribution >= 4 is 55.5 Å². The Bertz CT molecular complexity index is 1260. The van der Waals surface area contributed by atoms with Crippen LogP contribution in [0.2, 0.25) is 5.02 Å². The minimum atomic E-state index is -2.84. The van der Waals surface area contributed by atoms with E-state index in [4.69, 9.17) is 11.6 Å². The molecule has 0 aliphatic carbocycles. The van der Waals surface area contributed by atoms with Crippen LogP contribution < -0.4 is 5.32 Å². The van der Waals surface area contributed by atoms with Crippen molar-refractivity contribution in [1.29, 1.82) is 0 Å². The maximum Gasteiger partial charge on any atom is 0.265 e. The van der Waals surface area contributed by atoms with Gasteiger partial charge in [0.25, 0.3) is 5.91 Å². The number of hydrogen-bond acceptors (Lipinski definition) is 5. The number of aromatic nitrogens is 1. The van der Waals surface area contributed by atoms with Crippen molar-refractivity contribution in [1.82, 2.24) is 4.98 Å². The minimum Gasteiger partial charge on any atom is -0.321 e. The lowest BCUT2D eigenvalue weighted by molar-refractivity contribution is 0.103. The lowest BCUT2D eigenvalue weighted by Gasteiger charge is -2.05. The van der Waals surface area contributed by atoms with Gasteiger partial charge in [0.05, 0.1) is 14.8 Å². The molecule has 4 rings (SSSR count). The van der Waals surface area contributed by atoms with Crippen LogP contribution in [0.4, 0.5) is 5.69 Å². The van der Waals surface area contributed by atoms with Gasteiger partial charge in [-0.05, 0) is 35.9 Å². The number of fused-ring (bicyclic) bond motifs is 1. The molecule has 140 valence electrons. The van der Waals surface area contributed by atoms with E-state index in [1.54, 1.807) is 18.3 Å². The number of thiol groups is 1. The summed E-state index contributed by atoms with van der Waals surface area (Å²) >= 11 is 7.13. The predicted octanol–water partition coefficient (Wildman–Crippen LogP) is 4.84. The number of benzene rings is 2. The number of thiophene rings is 1. The Kier molecular flexibility index (Phi) is 5.13. The molecule has 0 unspecified atom stereocenters. The average Bonchev–Trinajstić information content (AvgIpc) is 3.13. The molecule has 0 spiro atoms. The first-order valence-electron chi connectivity index (χ1n) is 8.21. The summed E-state index contributed by atoms with van der Waals surface area (Å²) in [6.07, 6.45) is 1.78. The first-order valence-corrected chi connectivity index (χ1v) is 10.6. The molecule has 0 bridgehead atoms. The number of pyridine rings is 1. The summed E-state index contributed by atoms with van der Waals surface area (Å²) in [7, 11) is -2.84. The molecular formula is C20H13ClN2O3S2. The third-order valence-electron chi connectivity index (χ3n) is 4.10. The second-order valence-electron chi connectivity index (χ2n) is 5.97. The molecule has 0 atom stereocenters. The number of hydrogen-bond donors (Lipinski definition) is 2. The van der Waals surface area contributed by atoms with Gasteiger partial charge < -0.3 is 5.32 Å². The van der Waals surface area contributed by atoms with Crippen molar-refractivity contribution in [2.75, 3.05) is 5.32 Å². The number of anilines is 1. The number of rotatable bonds is 4. The van der Waals surface area contributed by atoms with Gasteiger partial charge >= 0.3 is 0 Å². The molecule has 0 aliphatic heterocycles. The van der Waals surface area contributed by atoms with Gasteiger partial charge in [-0.1, -0.05) is 41.9 Å². The first-order chi connectivity index (χ1) is 13.5. The highest BCUT2D eigenvalue weighted by Crippen LogP contribution is 2.29. The molecular weight excluding hydrogens is 416 g/mol. The summed E-state index contributed by atoms with van der Waals surface area (Å²) in [4.78, 5) is 18.3. The van der Waals surface area contributed by atoms with Crippen LogP contribution in [0.3, 0.4) is 0 Å². The highest BCUT2D eigenvalue weighted by Gasteiger charge is 2.13. The predicted molar refractivity (Wildman–Crippen MR) is 113 cm³/mol. The average molecular weight is 429 g/mol. The Labute approximate surface area is 171 Å². The summed E-state index contributed by atoms with van der Waals surface area (Å²) in [6.45, 7) is 0. The number of nitrogens with one attached hydrogen (secondary N) is 1. The Morgan fingerprint density at radius 1 is 1.00 bits per heavy atom. The van der Waals surface area contributed by atoms with Crippen molar-refractivity contribution in [3.63, 3.8) is 0 Å². The fourth-order valence-electron chi connectivity index (χ4n) is 2.76. The van der Waals surface area contributed by atoms with Gasteiger partial charge in [0.2, 0.25) is 0 Å². The van der Waals surface area contributed by atoms with Crippen LogP contribution >= 0.6 is 22.9 Å². The molecule has 0 saturated carbocycles. The highest BCUT2D eigenvalue weighted by molar-refractivity contribution is 7.72. The van der Waals surface area contributed by atoms with Crippen LogP contribution in [0.15, 0.2) is 71.8 Å². The summed E-state index contributed by atoms with van der Waals surface area (Å²) in [5.41, 5.74) is 2.38. The molecule has 2 aromatic carbocycles. The van der Waals surface area contributed by atoms with Gasteiger partial charge in [-0.2, -0.15) is 0 Å². The molecule has 0 fully saturated rings. The van der Waals surface area contributed by atoms with Crippen LogP contribution in [-0.2, 0) is 10.7 Å². The number of nitrogens with zero attached hydrogens (tertiary/aromatic N) is 1. The Hall–Kier alpha value is -2.74. The van der Waals surface area contributed by atoms with Crippen molar-refractivity contribution in [2.45, 2.75) is 4.90 Å². The monoisotopic (exact) mass is 428 g/mol. The third kappa shape index (κ3) is 3.77. The smallest absolute Gasteiger partial charge is 0.265 e. The van der Waals surface area contributed by atoms with E-state index in [2.05, 4.69) is 10.3 Å². The molecule has 0 saturated heterocycles. The van der Waals surface area contributed by atoms with Crippen LogP contribution in [0, 0.1) is 0 Å². The van der Waals surface area contributed by atoms with Gasteiger partial charge in [0.15, 0.2) is 10.7 Å². The zero-order valence-electron chi connectivity index (χ0n) is 14.3. The van der Waals surface area contributed by atoms with Crippen molar-refractivity contribution in [2.24, 2.45) is 0 Å². The van der Waals surface area contributed by atoms with Gasteiger partial charge in [-0.15, -0.1) is 11.3 Å². The van der Waals surface area contributed by atoms with Crippen LogP contribution in [0.25, 0.3) is 21.3 Å². The largest absolute Gasteiger partial charge is 0.321 e. The molecule has 1 N–H and O–H groups in total. The lowest BCUT2D eigenvalue weighted by Crippen LogP contribution is -2.10. The number of halogens is 1. The van der Waals surface area contributed by atoms with E-state index in [9.17, 15) is 13.2 Å². The summed E-state index contributed by atoms with van der Waals surface area (Å²) in [6, 6.07) is 18.0. The summed E-state index contributed by atoms with van der Waals surface area (Å²) in [5, 5.41) is 3.70. The molecule has 2 aromatic heterocycles. The van der Waals surface area contributed by atoms with Crippen molar-refractivity contribution in [3.05, 3.63) is 76.8 Å². The Balaban J connectivity index is 1.62. The molecule has 4 aromatic rings. The maximum absolute atomic E-state index is 12.6. The number of carbonyl (C=O) groups is 1. The fraction of sp³-hybridized carbons (Fsp3) is 0. The second kappa shape index (κ2) is 7.71. The normalized spacial score (nSPS) is 11.1. The zero-order chi connectivity index (χ0) is 19.7. The molecule has 0 radical (unpaired) electrons. The van der Waals surface area contributed by atoms with E-state index < -0.39 is 10.7 Å². The van der Waals surface area contributed by atoms with E-state index >= 15 is 0 Å². The van der Waals surface area contributed by atoms with Crippen molar-refractivity contribution < 1.29 is 13.2 Å². The lowest BCUT2D eigenvalue weighted by atomic mass is 10.1. The Morgan fingerprint density at radius 2 is 1.79 bits per heavy atom. The number of carbonyl (C=O) groups excluding carboxylic acids is 1. The van der Waals surface area contributed by atoms with Crippen molar-refractivity contribution in [3.8, 4) is 11.1 Å². The van der Waals surface area contributed by atoms with Crippen LogP contribution in [-0.4, -0.2) is 19.3 Å². The first kappa shape index (κ1) is 18.6. The topological polar surface area (TPSA) is 76.1 Å². The maximum atomic E-state index is 12.6. The highest BCUT2D eigenvalue weighted by atomic mass is 35.5.